The van der Waals surface area contributed by atoms with Crippen molar-refractivity contribution in [3.05, 3.63) is 402 Å². The zero-order valence-corrected chi connectivity index (χ0v) is 63.1. The van der Waals surface area contributed by atoms with Crippen LogP contribution in [0.25, 0.3) is 112 Å². The van der Waals surface area contributed by atoms with E-state index in [1.807, 2.05) is 128 Å². The molecule has 0 spiro atoms. The molecule has 114 heavy (non-hydrogen) atoms. The van der Waals surface area contributed by atoms with Crippen molar-refractivity contribution in [1.29, 1.82) is 0 Å². The number of hydrogen-bond acceptors (Lipinski definition) is 8. The Kier molecular flexibility index (Phi) is 20.6. The van der Waals surface area contributed by atoms with Gasteiger partial charge in [0.05, 0.1) is 11.0 Å². The van der Waals surface area contributed by atoms with E-state index < -0.39 is 7.25 Å². The largest absolute Gasteiger partial charge is 0.673 e. The fourth-order valence-electron chi connectivity index (χ4n) is 15.2. The Hall–Kier alpha value is -13.9. The quantitative estimate of drug-likeness (QED) is 0.0408. The zero-order valence-electron chi connectivity index (χ0n) is 60.8. The minimum Gasteiger partial charge on any atom is -0.500 e. The molecule has 552 valence electrons. The van der Waals surface area contributed by atoms with Crippen molar-refractivity contribution in [3.8, 4) is 68.2 Å². The van der Waals surface area contributed by atoms with E-state index in [9.17, 15) is 17.3 Å². The van der Waals surface area contributed by atoms with Gasteiger partial charge in [-0.05, 0) is 96.6 Å². The zero-order chi connectivity index (χ0) is 76.2. The fourth-order valence-corrected chi connectivity index (χ4v) is 15.2. The third kappa shape index (κ3) is 14.8. The van der Waals surface area contributed by atoms with Crippen LogP contribution in [0.4, 0.5) is 28.6 Å². The molecule has 1 aliphatic heterocycles. The van der Waals surface area contributed by atoms with Crippen LogP contribution in [0.1, 0.15) is 0 Å². The molecule has 8 heterocycles. The van der Waals surface area contributed by atoms with Crippen molar-refractivity contribution in [1.82, 2.24) is 34.0 Å². The van der Waals surface area contributed by atoms with E-state index in [1.165, 1.54) is 10.8 Å². The van der Waals surface area contributed by atoms with Crippen LogP contribution in [0.5, 0.6) is 0 Å². The summed E-state index contributed by atoms with van der Waals surface area (Å²) in [5.74, 6) is 3.16. The molecule has 0 radical (unpaired) electrons. The van der Waals surface area contributed by atoms with Crippen LogP contribution in [-0.2, 0) is 21.1 Å². The Balaban J connectivity index is 0.000000154. The molecule has 19 aromatic rings. The number of benzene rings is 12. The minimum absolute atomic E-state index is 0. The summed E-state index contributed by atoms with van der Waals surface area (Å²) in [5.41, 5.74) is 20.0. The van der Waals surface area contributed by atoms with Gasteiger partial charge in [-0.3, -0.25) is 4.57 Å². The monoisotopic (exact) mass is 1670 g/mol. The second-order valence-corrected chi connectivity index (χ2v) is 27.1. The van der Waals surface area contributed by atoms with E-state index in [-0.39, 0.29) is 34.5 Å². The van der Waals surface area contributed by atoms with Crippen LogP contribution in [0.15, 0.2) is 392 Å². The summed E-state index contributed by atoms with van der Waals surface area (Å²) in [6.45, 7) is 1.46. The number of pyridine rings is 2. The van der Waals surface area contributed by atoms with Crippen LogP contribution in [-0.4, -0.2) is 54.7 Å². The van der Waals surface area contributed by atoms with Crippen molar-refractivity contribution in [3.63, 3.8) is 0 Å². The van der Waals surface area contributed by atoms with Crippen molar-refractivity contribution in [2.75, 3.05) is 9.80 Å². The molecular formula is C94H64B3F4N10O2Pt-3. The van der Waals surface area contributed by atoms with Crippen LogP contribution in [0.2, 0.25) is 0 Å². The molecule has 0 saturated carbocycles. The van der Waals surface area contributed by atoms with Crippen LogP contribution >= 0.6 is 0 Å². The summed E-state index contributed by atoms with van der Waals surface area (Å²) in [6.07, 6.45) is 14.1. The first-order chi connectivity index (χ1) is 55.6. The summed E-state index contributed by atoms with van der Waals surface area (Å²) in [7, 11) is -6.00. The summed E-state index contributed by atoms with van der Waals surface area (Å²) in [6, 6.07) is 125. The van der Waals surface area contributed by atoms with Crippen molar-refractivity contribution in [2.24, 2.45) is 0 Å². The van der Waals surface area contributed by atoms with Gasteiger partial charge in [0.15, 0.2) is 18.2 Å². The van der Waals surface area contributed by atoms with Gasteiger partial charge in [-0.1, -0.05) is 257 Å². The van der Waals surface area contributed by atoms with Gasteiger partial charge in [-0.25, -0.2) is 19.1 Å². The molecule has 20 rings (SSSR count). The van der Waals surface area contributed by atoms with E-state index in [0.717, 1.165) is 139 Å². The summed E-state index contributed by atoms with van der Waals surface area (Å²) in [4.78, 5) is 13.8. The van der Waals surface area contributed by atoms with Gasteiger partial charge in [-0.15, -0.1) is 17.7 Å². The van der Waals surface area contributed by atoms with Crippen LogP contribution < -0.4 is 47.1 Å². The molecule has 12 nitrogen and oxygen atoms in total. The van der Waals surface area contributed by atoms with Crippen molar-refractivity contribution < 1.29 is 51.9 Å². The summed E-state index contributed by atoms with van der Waals surface area (Å²) >= 11 is 0. The number of halogens is 4. The van der Waals surface area contributed by atoms with Crippen molar-refractivity contribution in [2.45, 2.75) is 0 Å². The second kappa shape index (κ2) is 32.2. The maximum atomic E-state index is 9.75. The first kappa shape index (κ1) is 72.9. The average molecular weight is 1670 g/mol. The van der Waals surface area contributed by atoms with Crippen molar-refractivity contribution >= 4 is 108 Å². The van der Waals surface area contributed by atoms with Gasteiger partial charge < -0.3 is 40.7 Å². The SMILES string of the molecule is F[B-](F)(F)F.[Pt].[c-]1c(B(c2[c-]c3c(cc2)c2ccccc2n3-c2ccccn2)c2c(-c3ccccc3)noc2-c2ccccc2)cccc1N1C=CN(c2ccccc2)[CH-]1.c1ccc(-c2noc(-c3ccccc3)c2B(c2cccc(-n3cc[n+](-c4ccccc4)c3)c2)c2ccc3c4ccccc4n(-c4ccccn4)c3c2)cc1. The molecule has 0 bridgehead atoms. The number of nitrogens with zero attached hydrogens (tertiary/aromatic N) is 10. The van der Waals surface area contributed by atoms with Crippen LogP contribution in [0, 0.1) is 18.8 Å². The molecule has 0 atom stereocenters. The van der Waals surface area contributed by atoms with Crippen LogP contribution in [0.3, 0.4) is 0 Å². The molecule has 0 amide bonds. The maximum Gasteiger partial charge on any atom is 0.673 e. The molecule has 0 aliphatic carbocycles. The van der Waals surface area contributed by atoms with Gasteiger partial charge in [0.25, 0.3) is 6.33 Å². The Morgan fingerprint density at radius 1 is 0.395 bits per heavy atom. The Morgan fingerprint density at radius 2 is 0.868 bits per heavy atom. The molecule has 20 heteroatoms. The fraction of sp³-hybridized carbons (Fsp3) is 0. The number of anilines is 2. The number of para-hydroxylation sites is 4. The second-order valence-electron chi connectivity index (χ2n) is 27.1. The predicted molar refractivity (Wildman–Crippen MR) is 448 cm³/mol. The number of rotatable bonds is 16. The third-order valence-electron chi connectivity index (χ3n) is 20.2. The van der Waals surface area contributed by atoms with Gasteiger partial charge >= 0.3 is 7.25 Å². The van der Waals surface area contributed by atoms with Gasteiger partial charge in [0.1, 0.15) is 46.8 Å². The average Bonchev–Trinajstić information content (AvgIpc) is 1.58. The topological polar surface area (TPSA) is 103 Å². The summed E-state index contributed by atoms with van der Waals surface area (Å²) < 4.78 is 60.5. The molecule has 12 aromatic carbocycles. The molecule has 0 N–H and O–H groups in total. The van der Waals surface area contributed by atoms with E-state index in [0.29, 0.717) is 5.76 Å². The van der Waals surface area contributed by atoms with Gasteiger partial charge in [-0.2, -0.15) is 53.4 Å². The van der Waals surface area contributed by atoms with E-state index in [4.69, 9.17) is 29.3 Å². The number of fused-ring (bicyclic) bond motifs is 6. The number of hydrogen-bond donors (Lipinski definition) is 0. The molecule has 7 aromatic heterocycles. The third-order valence-corrected chi connectivity index (χ3v) is 20.2. The van der Waals surface area contributed by atoms with Gasteiger partial charge in [0.2, 0.25) is 6.71 Å². The Morgan fingerprint density at radius 3 is 1.47 bits per heavy atom. The Bertz CT molecular complexity index is 6460. The molecule has 0 fully saturated rings. The molecule has 0 unspecified atom stereocenters. The predicted octanol–water partition coefficient (Wildman–Crippen LogP) is 17.9. The first-order valence-corrected chi connectivity index (χ1v) is 36.9. The number of imidazole rings is 1. The van der Waals surface area contributed by atoms with E-state index in [2.05, 4.69) is 302 Å². The molecular weight excluding hydrogens is 1600 g/mol. The number of aromatic nitrogens is 8. The first-order valence-electron chi connectivity index (χ1n) is 36.9. The summed E-state index contributed by atoms with van der Waals surface area (Å²) in [5, 5.41) is 14.2. The normalized spacial score (nSPS) is 11.9. The molecule has 1 aliphatic rings. The van der Waals surface area contributed by atoms with Gasteiger partial charge in [0, 0.05) is 88.6 Å². The minimum atomic E-state index is -6.00. The smallest absolute Gasteiger partial charge is 0.500 e. The van der Waals surface area contributed by atoms with E-state index in [1.54, 1.807) is 0 Å². The Labute approximate surface area is 669 Å². The standard InChI is InChI=1S/C47H33BN5O.C47H31BN5O.BF4.Pt/c2*1-4-15-34(16-5-1)46-45(47(54-50-46)35-17-6-2-7-18-35)48(36-19-14-22-39(31-36)52-30-29-51(33-52)38-20-8-3-9-21-38)37-26-27-41-40-23-10-11-24-42(40)53(43(41)32-37)44-25-12-13-28-49-44;2-1(3,4)5;/h1-33H;1-30,33H;;/q+1;-3;-1;. The maximum absolute atomic E-state index is 9.75. The molecule has 0 saturated heterocycles. The van der Waals surface area contributed by atoms with E-state index >= 15 is 0 Å².